The highest BCUT2D eigenvalue weighted by Crippen LogP contribution is 2.28. The van der Waals surface area contributed by atoms with Gasteiger partial charge in [-0.15, -0.1) is 22.7 Å². The van der Waals surface area contributed by atoms with Crippen LogP contribution in [0.3, 0.4) is 0 Å². The fourth-order valence-corrected chi connectivity index (χ4v) is 5.75. The lowest BCUT2D eigenvalue weighted by molar-refractivity contribution is 0.460. The van der Waals surface area contributed by atoms with Gasteiger partial charge in [0.2, 0.25) is 0 Å². The van der Waals surface area contributed by atoms with Crippen LogP contribution in [0, 0.1) is 0 Å². The Balaban J connectivity index is 0.000000161. The number of fused-ring (bicyclic) bond motifs is 2. The van der Waals surface area contributed by atoms with Crippen molar-refractivity contribution >= 4 is 32.9 Å². The van der Waals surface area contributed by atoms with Gasteiger partial charge in [-0.2, -0.15) is 0 Å². The summed E-state index contributed by atoms with van der Waals surface area (Å²) in [5.41, 5.74) is 13.9. The second-order valence-corrected chi connectivity index (χ2v) is 9.86. The number of hydrogen-bond donors (Lipinski definition) is 4. The number of aromatic nitrogens is 2. The Labute approximate surface area is 176 Å². The molecule has 6 nitrogen and oxygen atoms in total. The zero-order valence-electron chi connectivity index (χ0n) is 17.1. The molecule has 2 aliphatic rings. The predicted octanol–water partition coefficient (Wildman–Crippen LogP) is 3.16. The molecule has 0 aliphatic heterocycles. The smallest absolute Gasteiger partial charge is 0.180 e. The van der Waals surface area contributed by atoms with E-state index in [0.29, 0.717) is 12.1 Å². The van der Waals surface area contributed by atoms with Gasteiger partial charge in [-0.25, -0.2) is 9.97 Å². The van der Waals surface area contributed by atoms with Crippen LogP contribution in [0.1, 0.15) is 60.7 Å². The van der Waals surface area contributed by atoms with Gasteiger partial charge in [0.05, 0.1) is 11.4 Å². The summed E-state index contributed by atoms with van der Waals surface area (Å²) >= 11 is 3.31. The van der Waals surface area contributed by atoms with Crippen LogP contribution >= 0.6 is 22.7 Å². The molecule has 8 heteroatoms. The molecule has 0 radical (unpaired) electrons. The first-order valence-corrected chi connectivity index (χ1v) is 12.2. The van der Waals surface area contributed by atoms with Gasteiger partial charge in [-0.05, 0) is 64.5 Å². The lowest BCUT2D eigenvalue weighted by Gasteiger charge is -2.21. The van der Waals surface area contributed by atoms with E-state index in [2.05, 4.69) is 34.4 Å². The van der Waals surface area contributed by atoms with E-state index < -0.39 is 0 Å². The second kappa shape index (κ2) is 10.5. The minimum atomic E-state index is 0.641. The van der Waals surface area contributed by atoms with Crippen molar-refractivity contribution in [2.75, 3.05) is 24.6 Å². The van der Waals surface area contributed by atoms with E-state index in [1.54, 1.807) is 22.7 Å². The molecule has 0 bridgehead atoms. The van der Waals surface area contributed by atoms with Crippen molar-refractivity contribution in [3.63, 3.8) is 0 Å². The van der Waals surface area contributed by atoms with E-state index in [1.807, 2.05) is 0 Å². The highest BCUT2D eigenvalue weighted by Gasteiger charge is 2.22. The minimum absolute atomic E-state index is 0.641. The van der Waals surface area contributed by atoms with E-state index in [4.69, 9.17) is 11.5 Å². The maximum absolute atomic E-state index is 5.69. The highest BCUT2D eigenvalue weighted by molar-refractivity contribution is 7.15. The van der Waals surface area contributed by atoms with E-state index >= 15 is 0 Å². The summed E-state index contributed by atoms with van der Waals surface area (Å²) in [6, 6.07) is 1.28. The van der Waals surface area contributed by atoms with Crippen molar-refractivity contribution in [1.82, 2.24) is 20.6 Å². The number of nitrogens with two attached hydrogens (primary N) is 2. The van der Waals surface area contributed by atoms with Crippen molar-refractivity contribution in [3.8, 4) is 0 Å². The Kier molecular flexibility index (Phi) is 8.08. The predicted molar refractivity (Wildman–Crippen MR) is 121 cm³/mol. The van der Waals surface area contributed by atoms with E-state index in [9.17, 15) is 0 Å². The van der Waals surface area contributed by atoms with Gasteiger partial charge < -0.3 is 22.1 Å². The Hall–Kier alpha value is -1.22. The summed E-state index contributed by atoms with van der Waals surface area (Å²) in [7, 11) is 0. The Morgan fingerprint density at radius 1 is 0.821 bits per heavy atom. The largest absolute Gasteiger partial charge is 0.375 e. The summed E-state index contributed by atoms with van der Waals surface area (Å²) < 4.78 is 0. The van der Waals surface area contributed by atoms with Gasteiger partial charge in [0.1, 0.15) is 0 Å². The SMILES string of the molecule is CCCNC1CCc2nc(N)sc2C1.CCCNC1CCc2nc(N)sc2C1. The lowest BCUT2D eigenvalue weighted by Crippen LogP contribution is -2.34. The number of thiazole rings is 2. The molecule has 2 aliphatic carbocycles. The van der Waals surface area contributed by atoms with Crippen molar-refractivity contribution < 1.29 is 0 Å². The lowest BCUT2D eigenvalue weighted by atomic mass is 9.98. The van der Waals surface area contributed by atoms with Crippen molar-refractivity contribution in [3.05, 3.63) is 21.1 Å². The van der Waals surface area contributed by atoms with Crippen LogP contribution in [0.2, 0.25) is 0 Å². The van der Waals surface area contributed by atoms with Gasteiger partial charge in [0.25, 0.3) is 0 Å². The Morgan fingerprint density at radius 3 is 1.64 bits per heavy atom. The summed E-state index contributed by atoms with van der Waals surface area (Å²) in [6.45, 7) is 6.64. The van der Waals surface area contributed by atoms with Crippen LogP contribution < -0.4 is 22.1 Å². The number of nitrogen functional groups attached to an aromatic ring is 2. The molecular formula is C20H34N6S2. The molecule has 6 N–H and O–H groups in total. The summed E-state index contributed by atoms with van der Waals surface area (Å²) in [4.78, 5) is 11.5. The first-order chi connectivity index (χ1) is 13.6. The van der Waals surface area contributed by atoms with Gasteiger partial charge in [0, 0.05) is 21.8 Å². The molecule has 2 unspecified atom stereocenters. The molecule has 0 amide bonds. The zero-order valence-corrected chi connectivity index (χ0v) is 18.7. The molecule has 0 spiro atoms. The second-order valence-electron chi connectivity index (χ2n) is 7.63. The number of hydrogen-bond acceptors (Lipinski definition) is 8. The molecule has 0 saturated carbocycles. The monoisotopic (exact) mass is 422 g/mol. The van der Waals surface area contributed by atoms with E-state index in [-0.39, 0.29) is 0 Å². The zero-order chi connectivity index (χ0) is 19.9. The van der Waals surface area contributed by atoms with Crippen LogP contribution in [-0.4, -0.2) is 35.1 Å². The topological polar surface area (TPSA) is 102 Å². The number of anilines is 2. The molecular weight excluding hydrogens is 388 g/mol. The maximum Gasteiger partial charge on any atom is 0.180 e. The van der Waals surface area contributed by atoms with Gasteiger partial charge in [0.15, 0.2) is 10.3 Å². The van der Waals surface area contributed by atoms with Gasteiger partial charge in [-0.1, -0.05) is 13.8 Å². The van der Waals surface area contributed by atoms with Crippen LogP contribution in [0.15, 0.2) is 0 Å². The number of rotatable bonds is 6. The van der Waals surface area contributed by atoms with Crippen molar-refractivity contribution in [2.45, 2.75) is 77.3 Å². The normalized spacial score (nSPS) is 20.8. The van der Waals surface area contributed by atoms with E-state index in [0.717, 1.165) is 49.0 Å². The van der Waals surface area contributed by atoms with Crippen LogP contribution in [0.25, 0.3) is 0 Å². The van der Waals surface area contributed by atoms with Crippen LogP contribution in [-0.2, 0) is 25.7 Å². The molecule has 2 aromatic rings. The van der Waals surface area contributed by atoms with E-state index in [1.165, 1.54) is 46.8 Å². The molecule has 4 rings (SSSR count). The Bertz CT molecular complexity index is 679. The van der Waals surface area contributed by atoms with Crippen LogP contribution in [0.4, 0.5) is 10.3 Å². The maximum atomic E-state index is 5.69. The molecule has 2 aromatic heterocycles. The molecule has 2 atom stereocenters. The quantitative estimate of drug-likeness (QED) is 0.570. The fraction of sp³-hybridized carbons (Fsp3) is 0.700. The summed E-state index contributed by atoms with van der Waals surface area (Å²) in [6.07, 6.45) is 9.22. The average molecular weight is 423 g/mol. The molecule has 2 heterocycles. The number of aryl methyl sites for hydroxylation is 2. The van der Waals surface area contributed by atoms with Crippen LogP contribution in [0.5, 0.6) is 0 Å². The third-order valence-electron chi connectivity index (χ3n) is 5.28. The Morgan fingerprint density at radius 2 is 1.25 bits per heavy atom. The third-order valence-corrected chi connectivity index (χ3v) is 7.18. The fourth-order valence-electron chi connectivity index (χ4n) is 3.84. The van der Waals surface area contributed by atoms with Crippen molar-refractivity contribution in [1.29, 1.82) is 0 Å². The first kappa shape index (κ1) is 21.5. The minimum Gasteiger partial charge on any atom is -0.375 e. The third kappa shape index (κ3) is 5.89. The molecule has 0 saturated heterocycles. The molecule has 0 fully saturated rings. The number of nitrogens with zero attached hydrogens (tertiary/aromatic N) is 2. The molecule has 156 valence electrons. The summed E-state index contributed by atoms with van der Waals surface area (Å²) in [5.74, 6) is 0. The van der Waals surface area contributed by atoms with Gasteiger partial charge >= 0.3 is 0 Å². The molecule has 0 aromatic carbocycles. The van der Waals surface area contributed by atoms with Crippen molar-refractivity contribution in [2.24, 2.45) is 0 Å². The first-order valence-electron chi connectivity index (χ1n) is 10.5. The summed E-state index contributed by atoms with van der Waals surface area (Å²) in [5, 5.41) is 8.57. The number of nitrogens with one attached hydrogen (secondary N) is 2. The molecule has 28 heavy (non-hydrogen) atoms. The average Bonchev–Trinajstić information content (AvgIpc) is 3.24. The van der Waals surface area contributed by atoms with Gasteiger partial charge in [-0.3, -0.25) is 0 Å². The standard InChI is InChI=1S/2C10H17N3S/c2*1-2-5-12-7-3-4-8-9(6-7)14-10(11)13-8/h2*7,12H,2-6H2,1H3,(H2,11,13). The highest BCUT2D eigenvalue weighted by atomic mass is 32.1.